The predicted octanol–water partition coefficient (Wildman–Crippen LogP) is 3.69. The van der Waals surface area contributed by atoms with Crippen LogP contribution < -0.4 is 5.43 Å². The fourth-order valence-electron chi connectivity index (χ4n) is 3.02. The third kappa shape index (κ3) is 4.19. The summed E-state index contributed by atoms with van der Waals surface area (Å²) in [4.78, 5) is 39.1. The van der Waals surface area contributed by atoms with Crippen LogP contribution in [0.1, 0.15) is 29.8 Å². The van der Waals surface area contributed by atoms with E-state index in [1.165, 1.54) is 18.0 Å². The number of esters is 1. The average molecular weight is 418 g/mol. The number of hydrogen-bond acceptors (Lipinski definition) is 6. The molecule has 3 rings (SSSR count). The number of benzene rings is 2. The fraction of sp³-hybridized carbons (Fsp3) is 0.250. The highest BCUT2D eigenvalue weighted by Gasteiger charge is 2.28. The van der Waals surface area contributed by atoms with Crippen molar-refractivity contribution in [3.63, 3.8) is 0 Å². The molecule has 1 amide bonds. The third-order valence-electron chi connectivity index (χ3n) is 5.21. The van der Waals surface area contributed by atoms with Crippen molar-refractivity contribution in [3.05, 3.63) is 69.9 Å². The molecule has 7 nitrogen and oxygen atoms in total. The molecule has 158 valence electrons. The van der Waals surface area contributed by atoms with E-state index in [0.29, 0.717) is 16.9 Å². The number of nitriles is 1. The maximum Gasteiger partial charge on any atom is 0.342 e. The summed E-state index contributed by atoms with van der Waals surface area (Å²) in [7, 11) is 1.46. The van der Waals surface area contributed by atoms with Crippen LogP contribution in [0.25, 0.3) is 22.3 Å². The monoisotopic (exact) mass is 418 g/mol. The Morgan fingerprint density at radius 2 is 1.81 bits per heavy atom. The lowest BCUT2D eigenvalue weighted by Crippen LogP contribution is -2.45. The Hall–Kier alpha value is -3.92. The van der Waals surface area contributed by atoms with Crippen LogP contribution >= 0.6 is 0 Å². The van der Waals surface area contributed by atoms with E-state index >= 15 is 0 Å². The molecule has 1 heterocycles. The molecular formula is C24H22N2O5. The van der Waals surface area contributed by atoms with Gasteiger partial charge in [0.25, 0.3) is 5.91 Å². The third-order valence-corrected chi connectivity index (χ3v) is 5.21. The number of carbonyl (C=O) groups is 2. The summed E-state index contributed by atoms with van der Waals surface area (Å²) in [6.07, 6.45) is 0. The first-order valence-electron chi connectivity index (χ1n) is 9.64. The van der Waals surface area contributed by atoms with Gasteiger partial charge < -0.3 is 14.1 Å². The molecule has 0 saturated carbocycles. The number of likely N-dealkylation sites (N-methyl/N-ethyl adjacent to an activating group) is 1. The number of rotatable bonds is 5. The summed E-state index contributed by atoms with van der Waals surface area (Å²) in [6, 6.07) is 15.7. The number of fused-ring (bicyclic) bond motifs is 1. The van der Waals surface area contributed by atoms with Gasteiger partial charge in [-0.05, 0) is 32.9 Å². The van der Waals surface area contributed by atoms with Gasteiger partial charge in [0.05, 0.1) is 11.5 Å². The molecule has 2 aromatic carbocycles. The molecule has 0 aliphatic carbocycles. The molecular weight excluding hydrogens is 396 g/mol. The lowest BCUT2D eigenvalue weighted by molar-refractivity contribution is -0.136. The Morgan fingerprint density at radius 3 is 2.45 bits per heavy atom. The Morgan fingerprint density at radius 1 is 1.13 bits per heavy atom. The molecule has 7 heteroatoms. The zero-order valence-electron chi connectivity index (χ0n) is 17.8. The van der Waals surface area contributed by atoms with Gasteiger partial charge in [0.15, 0.2) is 17.6 Å². The minimum absolute atomic E-state index is 0.0433. The van der Waals surface area contributed by atoms with Crippen molar-refractivity contribution in [2.45, 2.75) is 26.3 Å². The van der Waals surface area contributed by atoms with Crippen LogP contribution in [0, 0.1) is 18.3 Å². The van der Waals surface area contributed by atoms with Crippen molar-refractivity contribution < 1.29 is 18.7 Å². The Kier molecular flexibility index (Phi) is 5.93. The highest BCUT2D eigenvalue weighted by atomic mass is 16.5. The van der Waals surface area contributed by atoms with Gasteiger partial charge in [-0.2, -0.15) is 5.26 Å². The lowest BCUT2D eigenvalue weighted by atomic mass is 10.0. The van der Waals surface area contributed by atoms with Gasteiger partial charge in [0.2, 0.25) is 0 Å². The number of ether oxygens (including phenoxy) is 1. The van der Waals surface area contributed by atoms with Gasteiger partial charge in [0.1, 0.15) is 16.9 Å². The van der Waals surface area contributed by atoms with E-state index < -0.39 is 24.0 Å². The topological polar surface area (TPSA) is 101 Å². The van der Waals surface area contributed by atoms with Gasteiger partial charge in [0, 0.05) is 18.2 Å². The molecule has 0 aliphatic heterocycles. The van der Waals surface area contributed by atoms with Gasteiger partial charge in [-0.1, -0.05) is 36.4 Å². The first-order valence-corrected chi connectivity index (χ1v) is 9.64. The molecule has 0 radical (unpaired) electrons. The van der Waals surface area contributed by atoms with Crippen LogP contribution in [0.4, 0.5) is 0 Å². The van der Waals surface area contributed by atoms with E-state index in [1.807, 2.05) is 36.4 Å². The van der Waals surface area contributed by atoms with Crippen molar-refractivity contribution in [1.82, 2.24) is 4.90 Å². The number of para-hydroxylation sites is 1. The van der Waals surface area contributed by atoms with Crippen molar-refractivity contribution in [2.75, 3.05) is 13.7 Å². The normalized spacial score (nSPS) is 11.1. The van der Waals surface area contributed by atoms with Gasteiger partial charge in [-0.3, -0.25) is 9.59 Å². The van der Waals surface area contributed by atoms with Crippen molar-refractivity contribution in [1.29, 1.82) is 5.26 Å². The minimum atomic E-state index is -1.04. The van der Waals surface area contributed by atoms with Crippen LogP contribution in [0.3, 0.4) is 0 Å². The molecule has 0 atom stereocenters. The predicted molar refractivity (Wildman–Crippen MR) is 115 cm³/mol. The van der Waals surface area contributed by atoms with Gasteiger partial charge in [-0.15, -0.1) is 0 Å². The van der Waals surface area contributed by atoms with Crippen LogP contribution in [0.2, 0.25) is 0 Å². The highest BCUT2D eigenvalue weighted by molar-refractivity contribution is 6.02. The minimum Gasteiger partial charge on any atom is -0.455 e. The molecule has 3 aromatic rings. The molecule has 31 heavy (non-hydrogen) atoms. The van der Waals surface area contributed by atoms with E-state index in [9.17, 15) is 14.4 Å². The van der Waals surface area contributed by atoms with E-state index in [1.54, 1.807) is 32.9 Å². The SMILES string of the molecule is Cc1c(-c2ccccc2)oc2c(C(=O)OCC(=O)N(C)C(C)(C)C#N)cccc2c1=O. The summed E-state index contributed by atoms with van der Waals surface area (Å²) in [5.41, 5.74) is -0.0154. The number of amides is 1. The van der Waals surface area contributed by atoms with Gasteiger partial charge in [-0.25, -0.2) is 4.79 Å². The molecule has 0 spiro atoms. The summed E-state index contributed by atoms with van der Waals surface area (Å²) in [5, 5.41) is 9.41. The van der Waals surface area contributed by atoms with Crippen LogP contribution in [-0.4, -0.2) is 36.0 Å². The second kappa shape index (κ2) is 8.44. The molecule has 0 bridgehead atoms. The van der Waals surface area contributed by atoms with E-state index in [2.05, 4.69) is 0 Å². The number of hydrogen-bond donors (Lipinski definition) is 0. The van der Waals surface area contributed by atoms with E-state index in [0.717, 1.165) is 0 Å². The standard InChI is InChI=1S/C24H22N2O5/c1-15-20(28)17-11-8-12-18(22(17)31-21(15)16-9-6-5-7-10-16)23(29)30-13-19(27)26(4)24(2,3)14-25/h5-12H,13H2,1-4H3. The smallest absolute Gasteiger partial charge is 0.342 e. The molecule has 0 aliphatic rings. The Balaban J connectivity index is 1.97. The largest absolute Gasteiger partial charge is 0.455 e. The quantitative estimate of drug-likeness (QED) is 0.586. The van der Waals surface area contributed by atoms with E-state index in [4.69, 9.17) is 14.4 Å². The van der Waals surface area contributed by atoms with Crippen LogP contribution in [0.5, 0.6) is 0 Å². The van der Waals surface area contributed by atoms with Crippen LogP contribution in [-0.2, 0) is 9.53 Å². The second-order valence-electron chi connectivity index (χ2n) is 7.63. The van der Waals surface area contributed by atoms with Crippen molar-refractivity contribution in [2.24, 2.45) is 0 Å². The van der Waals surface area contributed by atoms with Crippen molar-refractivity contribution in [3.8, 4) is 17.4 Å². The molecule has 0 N–H and O–H groups in total. The Labute approximate surface area is 179 Å². The van der Waals surface area contributed by atoms with Gasteiger partial charge >= 0.3 is 5.97 Å². The molecule has 0 fully saturated rings. The zero-order chi connectivity index (χ0) is 22.8. The summed E-state index contributed by atoms with van der Waals surface area (Å²) < 4.78 is 11.2. The maximum atomic E-state index is 12.9. The highest BCUT2D eigenvalue weighted by Crippen LogP contribution is 2.27. The number of nitrogens with zero attached hydrogens (tertiary/aromatic N) is 2. The second-order valence-corrected chi connectivity index (χ2v) is 7.63. The van der Waals surface area contributed by atoms with E-state index in [-0.39, 0.29) is 22.0 Å². The summed E-state index contributed by atoms with van der Waals surface area (Å²) >= 11 is 0. The Bertz CT molecular complexity index is 1250. The first-order chi connectivity index (χ1) is 14.7. The first kappa shape index (κ1) is 21.8. The summed E-state index contributed by atoms with van der Waals surface area (Å²) in [5.74, 6) is -0.958. The molecule has 0 saturated heterocycles. The zero-order valence-corrected chi connectivity index (χ0v) is 17.8. The molecule has 1 aromatic heterocycles. The molecule has 0 unspecified atom stereocenters. The lowest BCUT2D eigenvalue weighted by Gasteiger charge is -2.28. The average Bonchev–Trinajstić information content (AvgIpc) is 2.79. The summed E-state index contributed by atoms with van der Waals surface area (Å²) in [6.45, 7) is 4.29. The fourth-order valence-corrected chi connectivity index (χ4v) is 3.02. The van der Waals surface area contributed by atoms with Crippen molar-refractivity contribution >= 4 is 22.8 Å². The van der Waals surface area contributed by atoms with Crippen LogP contribution in [0.15, 0.2) is 57.7 Å². The number of carbonyl (C=O) groups excluding carboxylic acids is 2. The maximum absolute atomic E-state index is 12.9.